The summed E-state index contributed by atoms with van der Waals surface area (Å²) in [5.74, 6) is 1.89. The maximum atomic E-state index is 12.8. The Morgan fingerprint density at radius 3 is 2.25 bits per heavy atom. The monoisotopic (exact) mass is 438 g/mol. The third kappa shape index (κ3) is 7.01. The van der Waals surface area contributed by atoms with Crippen molar-refractivity contribution in [2.45, 2.75) is 58.1 Å². The van der Waals surface area contributed by atoms with Crippen molar-refractivity contribution in [3.05, 3.63) is 60.2 Å². The van der Waals surface area contributed by atoms with E-state index in [1.807, 2.05) is 59.5 Å². The molecule has 32 heavy (non-hydrogen) atoms. The number of nitrogens with zero attached hydrogens (tertiary/aromatic N) is 1. The van der Waals surface area contributed by atoms with E-state index in [1.165, 1.54) is 5.56 Å². The molecule has 0 aliphatic carbocycles. The van der Waals surface area contributed by atoms with Crippen LogP contribution in [0.15, 0.2) is 54.6 Å². The molecule has 1 aliphatic rings. The van der Waals surface area contributed by atoms with Gasteiger partial charge in [0.15, 0.2) is 6.10 Å². The predicted octanol–water partition coefficient (Wildman–Crippen LogP) is 4.15. The normalized spacial score (nSPS) is 15.3. The Bertz CT molecular complexity index is 859. The molecule has 172 valence electrons. The van der Waals surface area contributed by atoms with Crippen LogP contribution in [0.2, 0.25) is 0 Å². The Labute approximate surface area is 190 Å². The minimum absolute atomic E-state index is 0.0148. The second-order valence-electron chi connectivity index (χ2n) is 8.56. The summed E-state index contributed by atoms with van der Waals surface area (Å²) in [5, 5.41) is 3.06. The number of carbonyl (C=O) groups excluding carboxylic acids is 2. The highest BCUT2D eigenvalue weighted by molar-refractivity contribution is 5.81. The number of benzene rings is 2. The topological polar surface area (TPSA) is 67.9 Å². The number of carbonyl (C=O) groups is 2. The molecule has 1 N–H and O–H groups in total. The molecule has 3 rings (SSSR count). The van der Waals surface area contributed by atoms with E-state index in [0.29, 0.717) is 37.8 Å². The number of para-hydroxylation sites is 1. The fourth-order valence-electron chi connectivity index (χ4n) is 3.77. The first-order valence-corrected chi connectivity index (χ1v) is 11.4. The predicted molar refractivity (Wildman–Crippen MR) is 125 cm³/mol. The number of hydrogen-bond donors (Lipinski definition) is 1. The average Bonchev–Trinajstić information content (AvgIpc) is 2.80. The van der Waals surface area contributed by atoms with Crippen LogP contribution >= 0.6 is 0 Å². The molecule has 0 spiro atoms. The second kappa shape index (κ2) is 11.6. The van der Waals surface area contributed by atoms with Crippen molar-refractivity contribution < 1.29 is 19.1 Å². The van der Waals surface area contributed by atoms with Gasteiger partial charge in [-0.05, 0) is 55.5 Å². The zero-order valence-electron chi connectivity index (χ0n) is 19.3. The third-order valence-corrected chi connectivity index (χ3v) is 5.72. The van der Waals surface area contributed by atoms with Crippen LogP contribution in [0, 0.1) is 0 Å². The SMILES string of the molecule is CC(Oc1ccc(C(C)C)cc1)C(=O)N1CCC(NC(=O)CCOc2ccccc2)CC1. The van der Waals surface area contributed by atoms with E-state index in [0.717, 1.165) is 18.6 Å². The molecular weight excluding hydrogens is 404 g/mol. The number of nitrogens with one attached hydrogen (secondary N) is 1. The van der Waals surface area contributed by atoms with Crippen LogP contribution in [-0.2, 0) is 9.59 Å². The van der Waals surface area contributed by atoms with E-state index < -0.39 is 6.10 Å². The molecule has 0 aromatic heterocycles. The molecule has 1 unspecified atom stereocenters. The van der Waals surface area contributed by atoms with Crippen molar-refractivity contribution >= 4 is 11.8 Å². The highest BCUT2D eigenvalue weighted by Crippen LogP contribution is 2.20. The lowest BCUT2D eigenvalue weighted by Crippen LogP contribution is -2.49. The van der Waals surface area contributed by atoms with Crippen molar-refractivity contribution in [3.63, 3.8) is 0 Å². The lowest BCUT2D eigenvalue weighted by molar-refractivity contribution is -0.139. The van der Waals surface area contributed by atoms with Gasteiger partial charge in [-0.25, -0.2) is 0 Å². The minimum atomic E-state index is -0.541. The molecule has 2 aromatic carbocycles. The van der Waals surface area contributed by atoms with E-state index in [1.54, 1.807) is 6.92 Å². The molecule has 6 nitrogen and oxygen atoms in total. The molecule has 2 amide bonds. The number of rotatable bonds is 9. The van der Waals surface area contributed by atoms with Crippen LogP contribution in [0.3, 0.4) is 0 Å². The van der Waals surface area contributed by atoms with Crippen LogP contribution in [-0.4, -0.2) is 48.6 Å². The zero-order valence-corrected chi connectivity index (χ0v) is 19.3. The maximum Gasteiger partial charge on any atom is 0.263 e. The maximum absolute atomic E-state index is 12.8. The Morgan fingerprint density at radius 1 is 0.969 bits per heavy atom. The van der Waals surface area contributed by atoms with E-state index >= 15 is 0 Å². The van der Waals surface area contributed by atoms with E-state index in [9.17, 15) is 9.59 Å². The summed E-state index contributed by atoms with van der Waals surface area (Å²) in [7, 11) is 0. The van der Waals surface area contributed by atoms with Gasteiger partial charge in [0.2, 0.25) is 5.91 Å². The van der Waals surface area contributed by atoms with Crippen molar-refractivity contribution in [2.24, 2.45) is 0 Å². The van der Waals surface area contributed by atoms with Gasteiger partial charge in [0, 0.05) is 19.1 Å². The molecule has 2 aromatic rings. The molecular formula is C26H34N2O4. The van der Waals surface area contributed by atoms with Crippen molar-refractivity contribution in [1.29, 1.82) is 0 Å². The van der Waals surface area contributed by atoms with E-state index in [4.69, 9.17) is 9.47 Å². The summed E-state index contributed by atoms with van der Waals surface area (Å²) < 4.78 is 11.4. The Balaban J connectivity index is 1.36. The first-order chi connectivity index (χ1) is 15.4. The summed E-state index contributed by atoms with van der Waals surface area (Å²) in [6, 6.07) is 17.5. The second-order valence-corrected chi connectivity index (χ2v) is 8.56. The molecule has 0 bridgehead atoms. The summed E-state index contributed by atoms with van der Waals surface area (Å²) in [6.45, 7) is 7.66. The number of amides is 2. The molecule has 0 saturated carbocycles. The van der Waals surface area contributed by atoms with E-state index in [-0.39, 0.29) is 17.9 Å². The van der Waals surface area contributed by atoms with Crippen LogP contribution in [0.5, 0.6) is 11.5 Å². The minimum Gasteiger partial charge on any atom is -0.493 e. The van der Waals surface area contributed by atoms with Crippen LogP contribution in [0.25, 0.3) is 0 Å². The van der Waals surface area contributed by atoms with Gasteiger partial charge in [0.25, 0.3) is 5.91 Å². The lowest BCUT2D eigenvalue weighted by Gasteiger charge is -2.33. The summed E-state index contributed by atoms with van der Waals surface area (Å²) >= 11 is 0. The molecule has 0 radical (unpaired) electrons. The number of piperidine rings is 1. The summed E-state index contributed by atoms with van der Waals surface area (Å²) in [5.41, 5.74) is 1.24. The highest BCUT2D eigenvalue weighted by atomic mass is 16.5. The molecule has 1 atom stereocenters. The summed E-state index contributed by atoms with van der Waals surface area (Å²) in [4.78, 5) is 26.8. The number of likely N-dealkylation sites (tertiary alicyclic amines) is 1. The van der Waals surface area contributed by atoms with Crippen LogP contribution in [0.1, 0.15) is 51.5 Å². The van der Waals surface area contributed by atoms with Crippen molar-refractivity contribution in [2.75, 3.05) is 19.7 Å². The van der Waals surface area contributed by atoms with Crippen LogP contribution < -0.4 is 14.8 Å². The van der Waals surface area contributed by atoms with Gasteiger partial charge in [-0.2, -0.15) is 0 Å². The first-order valence-electron chi connectivity index (χ1n) is 11.4. The average molecular weight is 439 g/mol. The van der Waals surface area contributed by atoms with E-state index in [2.05, 4.69) is 19.2 Å². The number of ether oxygens (including phenoxy) is 2. The number of hydrogen-bond acceptors (Lipinski definition) is 4. The molecule has 1 heterocycles. The zero-order chi connectivity index (χ0) is 22.9. The molecule has 6 heteroatoms. The van der Waals surface area contributed by atoms with Gasteiger partial charge < -0.3 is 19.7 Å². The largest absolute Gasteiger partial charge is 0.493 e. The Kier molecular flexibility index (Phi) is 8.54. The Morgan fingerprint density at radius 2 is 1.62 bits per heavy atom. The first kappa shape index (κ1) is 23.6. The standard InChI is InChI=1S/C26H34N2O4/c1-19(2)21-9-11-24(12-10-21)32-20(3)26(30)28-16-13-22(14-17-28)27-25(29)15-18-31-23-7-5-4-6-8-23/h4-12,19-20,22H,13-18H2,1-3H3,(H,27,29). The summed E-state index contributed by atoms with van der Waals surface area (Å²) in [6.07, 6.45) is 1.26. The molecule has 1 aliphatic heterocycles. The molecule has 1 fully saturated rings. The van der Waals surface area contributed by atoms with Gasteiger partial charge in [-0.15, -0.1) is 0 Å². The van der Waals surface area contributed by atoms with Crippen molar-refractivity contribution in [3.8, 4) is 11.5 Å². The highest BCUT2D eigenvalue weighted by Gasteiger charge is 2.27. The van der Waals surface area contributed by atoms with Gasteiger partial charge in [0.1, 0.15) is 11.5 Å². The van der Waals surface area contributed by atoms with Crippen LogP contribution in [0.4, 0.5) is 0 Å². The lowest BCUT2D eigenvalue weighted by atomic mass is 10.0. The fourth-order valence-corrected chi connectivity index (χ4v) is 3.77. The van der Waals surface area contributed by atoms with Gasteiger partial charge in [0.05, 0.1) is 13.0 Å². The third-order valence-electron chi connectivity index (χ3n) is 5.72. The van der Waals surface area contributed by atoms with Crippen molar-refractivity contribution in [1.82, 2.24) is 10.2 Å². The molecule has 1 saturated heterocycles. The van der Waals surface area contributed by atoms with Gasteiger partial charge in [-0.3, -0.25) is 9.59 Å². The van der Waals surface area contributed by atoms with Gasteiger partial charge >= 0.3 is 0 Å². The quantitative estimate of drug-likeness (QED) is 0.639. The smallest absolute Gasteiger partial charge is 0.263 e. The van der Waals surface area contributed by atoms with Gasteiger partial charge in [-0.1, -0.05) is 44.2 Å². The Hall–Kier alpha value is -3.02. The fraction of sp³-hybridized carbons (Fsp3) is 0.462.